The van der Waals surface area contributed by atoms with E-state index in [2.05, 4.69) is 25.7 Å². The summed E-state index contributed by atoms with van der Waals surface area (Å²) in [6.45, 7) is 4.33. The van der Waals surface area contributed by atoms with Gasteiger partial charge in [-0.15, -0.1) is 5.92 Å². The fraction of sp³-hybridized carbons (Fsp3) is 0.611. The third-order valence-electron chi connectivity index (χ3n) is 6.04. The van der Waals surface area contributed by atoms with Crippen LogP contribution >= 0.6 is 15.6 Å². The molecular weight excluding hydrogens is 528 g/mol. The van der Waals surface area contributed by atoms with Gasteiger partial charge in [-0.2, -0.15) is 4.31 Å². The number of aromatic nitrogens is 2. The summed E-state index contributed by atoms with van der Waals surface area (Å²) in [7, 11) is -11.1. The van der Waals surface area contributed by atoms with Gasteiger partial charge in [-0.1, -0.05) is 5.92 Å². The number of aliphatic hydroxyl groups excluding tert-OH is 1. The monoisotopic (exact) mass is 553 g/mol. The van der Waals surface area contributed by atoms with E-state index < -0.39 is 74.3 Å². The number of ketones is 1. The minimum atomic E-state index is -5.59. The summed E-state index contributed by atoms with van der Waals surface area (Å²) in [4.78, 5) is 65.2. The van der Waals surface area contributed by atoms with E-state index in [0.717, 1.165) is 6.07 Å². The largest absolute Gasteiger partial charge is 0.484 e. The van der Waals surface area contributed by atoms with Gasteiger partial charge in [-0.05, 0) is 27.2 Å². The molecule has 200 valence electrons. The first-order valence-corrected chi connectivity index (χ1v) is 13.3. The van der Waals surface area contributed by atoms with Gasteiger partial charge >= 0.3 is 21.3 Å². The van der Waals surface area contributed by atoms with Crippen molar-refractivity contribution in [1.82, 2.24) is 9.55 Å². The number of phosphoric acid groups is 2. The number of H-pyrrole nitrogens is 1. The van der Waals surface area contributed by atoms with Crippen LogP contribution in [0.5, 0.6) is 0 Å². The summed E-state index contributed by atoms with van der Waals surface area (Å²) in [5.41, 5.74) is 3.54. The minimum absolute atomic E-state index is 0.0414. The molecule has 0 aromatic carbocycles. The first-order chi connectivity index (χ1) is 16.4. The standard InChI is InChI=1S/C18H25N3O13P2/c1-4-5-17(19)11(21-8(2)6-12(22)20-16(21)25)7-10(13(17)23)9(3)32-15-14(24)18(15,26)33-36(30,31)34-35(27,28)29/h6,9-11,13,15,23,26H,7,19H2,1-3H3,(H,30,31)(H,20,22,25)(H2,27,28,29)/t9-,10+,11+,13?,15?,17?,18?/m0/s1. The number of phosphoric ester groups is 1. The van der Waals surface area contributed by atoms with Crippen LogP contribution in [-0.2, 0) is 27.5 Å². The molecule has 36 heavy (non-hydrogen) atoms. The van der Waals surface area contributed by atoms with Gasteiger partial charge in [0.15, 0.2) is 6.10 Å². The molecule has 5 unspecified atom stereocenters. The second-order valence-corrected chi connectivity index (χ2v) is 11.3. The first kappa shape index (κ1) is 28.6. The van der Waals surface area contributed by atoms with Crippen molar-refractivity contribution in [1.29, 1.82) is 0 Å². The third kappa shape index (κ3) is 5.33. The maximum absolute atomic E-state index is 12.5. The molecule has 8 N–H and O–H groups in total. The number of rotatable bonds is 8. The molecule has 0 bridgehead atoms. The van der Waals surface area contributed by atoms with Gasteiger partial charge in [-0.3, -0.25) is 19.1 Å². The van der Waals surface area contributed by atoms with Gasteiger partial charge in [0.05, 0.1) is 18.2 Å². The summed E-state index contributed by atoms with van der Waals surface area (Å²) >= 11 is 0. The van der Waals surface area contributed by atoms with Crippen molar-refractivity contribution in [2.75, 3.05) is 0 Å². The van der Waals surface area contributed by atoms with Crippen LogP contribution in [0.15, 0.2) is 15.7 Å². The summed E-state index contributed by atoms with van der Waals surface area (Å²) in [6, 6.07) is 0.202. The molecule has 0 radical (unpaired) electrons. The second-order valence-electron chi connectivity index (χ2n) is 8.53. The van der Waals surface area contributed by atoms with E-state index in [-0.39, 0.29) is 12.1 Å². The summed E-state index contributed by atoms with van der Waals surface area (Å²) < 4.78 is 36.9. The zero-order valence-corrected chi connectivity index (χ0v) is 20.9. The molecular formula is C18H25N3O13P2. The Labute approximate surface area is 202 Å². The van der Waals surface area contributed by atoms with Crippen LogP contribution < -0.4 is 17.0 Å². The summed E-state index contributed by atoms with van der Waals surface area (Å²) in [6.07, 6.45) is -4.47. The van der Waals surface area contributed by atoms with E-state index in [1.807, 2.05) is 0 Å². The maximum Gasteiger partial charge on any atom is 0.484 e. The number of aliphatic hydroxyl groups is 2. The molecule has 16 nitrogen and oxygen atoms in total. The van der Waals surface area contributed by atoms with Crippen molar-refractivity contribution in [3.05, 3.63) is 32.6 Å². The van der Waals surface area contributed by atoms with Gasteiger partial charge < -0.3 is 35.4 Å². The van der Waals surface area contributed by atoms with Crippen LogP contribution in [0.2, 0.25) is 0 Å². The Hall–Kier alpha value is -1.99. The fourth-order valence-corrected chi connectivity index (χ4v) is 6.17. The molecule has 18 heteroatoms. The van der Waals surface area contributed by atoms with E-state index in [1.165, 1.54) is 25.3 Å². The Balaban J connectivity index is 1.85. The van der Waals surface area contributed by atoms with Crippen molar-refractivity contribution in [3.63, 3.8) is 0 Å². The molecule has 2 saturated carbocycles. The summed E-state index contributed by atoms with van der Waals surface area (Å²) in [5, 5.41) is 21.3. The average molecular weight is 553 g/mol. The van der Waals surface area contributed by atoms with Crippen LogP contribution in [0.1, 0.15) is 32.0 Å². The van der Waals surface area contributed by atoms with Crippen LogP contribution in [0.4, 0.5) is 0 Å². The number of Topliss-reactive ketones (excluding diaryl/α,β-unsaturated/α-hetero) is 1. The van der Waals surface area contributed by atoms with Crippen LogP contribution in [0, 0.1) is 24.7 Å². The van der Waals surface area contributed by atoms with Crippen molar-refractivity contribution in [3.8, 4) is 11.8 Å². The van der Waals surface area contributed by atoms with Crippen LogP contribution in [-0.4, -0.2) is 69.9 Å². The number of nitrogens with two attached hydrogens (primary N) is 1. The molecule has 2 aliphatic rings. The smallest absolute Gasteiger partial charge is 0.390 e. The van der Waals surface area contributed by atoms with Crippen LogP contribution in [0.3, 0.4) is 0 Å². The molecule has 0 saturated heterocycles. The molecule has 1 heterocycles. The lowest BCUT2D eigenvalue weighted by Crippen LogP contribution is -2.55. The highest BCUT2D eigenvalue weighted by Gasteiger charge is 2.72. The molecule has 0 aliphatic heterocycles. The lowest BCUT2D eigenvalue weighted by Gasteiger charge is -2.32. The van der Waals surface area contributed by atoms with Gasteiger partial charge in [0.25, 0.3) is 11.3 Å². The number of aromatic amines is 1. The van der Waals surface area contributed by atoms with Crippen molar-refractivity contribution in [2.45, 2.75) is 62.9 Å². The zero-order chi connectivity index (χ0) is 27.4. The molecule has 2 fully saturated rings. The van der Waals surface area contributed by atoms with Gasteiger partial charge in [0.1, 0.15) is 5.54 Å². The third-order valence-corrected chi connectivity index (χ3v) is 8.23. The van der Waals surface area contributed by atoms with Crippen molar-refractivity contribution >= 4 is 21.4 Å². The van der Waals surface area contributed by atoms with Crippen molar-refractivity contribution in [2.24, 2.45) is 11.7 Å². The molecule has 0 spiro atoms. The molecule has 0 amide bonds. The van der Waals surface area contributed by atoms with Gasteiger partial charge in [-0.25, -0.2) is 18.4 Å². The second kappa shape index (κ2) is 9.39. The van der Waals surface area contributed by atoms with E-state index in [4.69, 9.17) is 20.3 Å². The Morgan fingerprint density at radius 1 is 1.28 bits per heavy atom. The lowest BCUT2D eigenvalue weighted by atomic mass is 9.90. The molecule has 1 aromatic heterocycles. The van der Waals surface area contributed by atoms with E-state index >= 15 is 0 Å². The highest BCUT2D eigenvalue weighted by atomic mass is 31.3. The lowest BCUT2D eigenvalue weighted by molar-refractivity contribution is -0.137. The van der Waals surface area contributed by atoms with Crippen molar-refractivity contribution < 1.29 is 52.4 Å². The molecule has 2 aliphatic carbocycles. The molecule has 8 atom stereocenters. The highest BCUT2D eigenvalue weighted by Crippen LogP contribution is 2.62. The number of aryl methyl sites for hydroxylation is 1. The fourth-order valence-electron chi connectivity index (χ4n) is 4.42. The van der Waals surface area contributed by atoms with E-state index in [1.54, 1.807) is 0 Å². The zero-order valence-electron chi connectivity index (χ0n) is 19.1. The van der Waals surface area contributed by atoms with E-state index in [0.29, 0.717) is 0 Å². The number of carbonyl (C=O) groups is 1. The first-order valence-electron chi connectivity index (χ1n) is 10.3. The Morgan fingerprint density at radius 2 is 1.89 bits per heavy atom. The van der Waals surface area contributed by atoms with Crippen LogP contribution in [0.25, 0.3) is 0 Å². The molecule has 3 rings (SSSR count). The highest BCUT2D eigenvalue weighted by molar-refractivity contribution is 7.60. The Morgan fingerprint density at radius 3 is 2.42 bits per heavy atom. The Bertz CT molecular complexity index is 1340. The normalized spacial score (nSPS) is 34.5. The molecule has 1 aromatic rings. The van der Waals surface area contributed by atoms with Gasteiger partial charge in [0.2, 0.25) is 5.78 Å². The number of ether oxygens (including phenoxy) is 1. The maximum atomic E-state index is 12.5. The Kier molecular flexibility index (Phi) is 7.46. The predicted octanol–water partition coefficient (Wildman–Crippen LogP) is -2.24. The van der Waals surface area contributed by atoms with Gasteiger partial charge in [0, 0.05) is 17.7 Å². The minimum Gasteiger partial charge on any atom is -0.390 e. The number of nitrogens with zero attached hydrogens (tertiary/aromatic N) is 1. The summed E-state index contributed by atoms with van der Waals surface area (Å²) in [5.74, 6) is 0.0725. The number of nitrogens with one attached hydrogen (secondary N) is 1. The number of carbonyl (C=O) groups excluding carboxylic acids is 1. The quantitative estimate of drug-likeness (QED) is 0.102. The SMILES string of the molecule is CC#CC1(N)C(O)[C@@H]([C@H](C)OC2C(=O)C2(O)OP(=O)(O)OP(=O)(O)O)C[C@H]1n1c(C)cc(=O)[nH]c1=O. The topological polar surface area (TPSA) is 261 Å². The average Bonchev–Trinajstić information content (AvgIpc) is 3.05. The predicted molar refractivity (Wildman–Crippen MR) is 118 cm³/mol. The number of hydrogen-bond donors (Lipinski definition) is 7. The number of hydrogen-bond acceptors (Lipinski definition) is 11. The van der Waals surface area contributed by atoms with E-state index in [9.17, 15) is 38.6 Å².